The van der Waals surface area contributed by atoms with Gasteiger partial charge in [-0.15, -0.1) is 0 Å². The van der Waals surface area contributed by atoms with Crippen LogP contribution in [-0.4, -0.2) is 89.6 Å². The largest absolute Gasteiger partial charge is 0.457 e. The number of unbranched alkanes of at least 4 members (excludes halogenated alkanes) is 9. The Morgan fingerprint density at radius 1 is 0.600 bits per heavy atom. The molecular formula is C46H76O9. The van der Waals surface area contributed by atoms with Gasteiger partial charge in [-0.25, -0.2) is 0 Å². The number of carbonyl (C=O) groups is 1. The van der Waals surface area contributed by atoms with E-state index in [9.17, 15) is 25.2 Å². The maximum atomic E-state index is 12.7. The van der Waals surface area contributed by atoms with Gasteiger partial charge in [-0.1, -0.05) is 131 Å². The van der Waals surface area contributed by atoms with Gasteiger partial charge in [0.15, 0.2) is 6.29 Å². The second-order valence-electron chi connectivity index (χ2n) is 14.0. The third-order valence-electron chi connectivity index (χ3n) is 9.03. The SMILES string of the molecule is CC/C=C\C/C=C\C/C=C\C/C=C\C/C=C\C/C=C\CCCCCOCC(COC1OC(CO)C(O)C(O)C1O)OC(=O)CCCCCCC/C=C\CCC. The first kappa shape index (κ1) is 50.4. The van der Waals surface area contributed by atoms with Crippen molar-refractivity contribution in [3.8, 4) is 0 Å². The molecule has 0 bridgehead atoms. The topological polar surface area (TPSA) is 135 Å². The highest BCUT2D eigenvalue weighted by atomic mass is 16.7. The normalized spacial score (nSPS) is 21.6. The standard InChI is InChI=1S/C46H76O9/c1-3-5-7-9-11-13-15-16-17-18-19-20-21-22-23-24-25-26-28-30-32-34-36-52-38-40(39-53-46-45(51)44(50)43(49)41(37-47)55-46)54-42(48)35-33-31-29-27-14-12-10-8-6-4-2/h5,7-8,10-11,13,16-17,19-20,22-23,25-26,40-41,43-47,49-51H,3-4,6,9,12,14-15,18,21,24,27-39H2,1-2H3/b7-5-,10-8-,13-11-,17-16-,20-19-,23-22-,26-25-. The van der Waals surface area contributed by atoms with Crippen molar-refractivity contribution in [3.63, 3.8) is 0 Å². The molecule has 0 aromatic rings. The molecule has 1 aliphatic rings. The monoisotopic (exact) mass is 773 g/mol. The van der Waals surface area contributed by atoms with E-state index in [1.165, 1.54) is 6.42 Å². The Kier molecular flexibility index (Phi) is 33.9. The van der Waals surface area contributed by atoms with Crippen LogP contribution < -0.4 is 0 Å². The number of allylic oxidation sites excluding steroid dienone is 14. The molecule has 9 nitrogen and oxygen atoms in total. The minimum atomic E-state index is -1.55. The third kappa shape index (κ3) is 28.4. The second-order valence-corrected chi connectivity index (χ2v) is 14.0. The highest BCUT2D eigenvalue weighted by molar-refractivity contribution is 5.69. The maximum absolute atomic E-state index is 12.7. The van der Waals surface area contributed by atoms with Gasteiger partial charge in [-0.3, -0.25) is 4.79 Å². The molecule has 0 aromatic heterocycles. The van der Waals surface area contributed by atoms with Gasteiger partial charge >= 0.3 is 5.97 Å². The van der Waals surface area contributed by atoms with E-state index >= 15 is 0 Å². The van der Waals surface area contributed by atoms with Crippen molar-refractivity contribution in [2.45, 2.75) is 173 Å². The van der Waals surface area contributed by atoms with Gasteiger partial charge in [0.2, 0.25) is 0 Å². The van der Waals surface area contributed by atoms with Crippen LogP contribution in [0.2, 0.25) is 0 Å². The zero-order chi connectivity index (χ0) is 40.0. The Hall–Kier alpha value is -2.63. The fourth-order valence-corrected chi connectivity index (χ4v) is 5.73. The van der Waals surface area contributed by atoms with Crippen molar-refractivity contribution in [2.24, 2.45) is 0 Å². The lowest BCUT2D eigenvalue weighted by Gasteiger charge is -2.39. The zero-order valence-electron chi connectivity index (χ0n) is 34.1. The second kappa shape index (κ2) is 37.0. The molecule has 1 saturated heterocycles. The molecule has 1 fully saturated rings. The summed E-state index contributed by atoms with van der Waals surface area (Å²) >= 11 is 0. The van der Waals surface area contributed by atoms with Crippen LogP contribution in [0.4, 0.5) is 0 Å². The number of rotatable bonds is 34. The van der Waals surface area contributed by atoms with Gasteiger partial charge in [0, 0.05) is 13.0 Å². The van der Waals surface area contributed by atoms with Gasteiger partial charge in [-0.2, -0.15) is 0 Å². The highest BCUT2D eigenvalue weighted by Gasteiger charge is 2.44. The molecule has 55 heavy (non-hydrogen) atoms. The first-order valence-electron chi connectivity index (χ1n) is 21.2. The fourth-order valence-electron chi connectivity index (χ4n) is 5.73. The number of esters is 1. The Labute approximate surface area is 333 Å². The smallest absolute Gasteiger partial charge is 0.306 e. The van der Waals surface area contributed by atoms with Gasteiger partial charge in [0.1, 0.15) is 30.5 Å². The molecule has 1 heterocycles. The van der Waals surface area contributed by atoms with Crippen LogP contribution in [0.15, 0.2) is 85.1 Å². The van der Waals surface area contributed by atoms with Gasteiger partial charge in [0.25, 0.3) is 0 Å². The van der Waals surface area contributed by atoms with Crippen LogP contribution in [-0.2, 0) is 23.7 Å². The van der Waals surface area contributed by atoms with E-state index in [1.807, 2.05) is 0 Å². The van der Waals surface area contributed by atoms with E-state index in [0.29, 0.717) is 13.0 Å². The van der Waals surface area contributed by atoms with Gasteiger partial charge < -0.3 is 39.4 Å². The summed E-state index contributed by atoms with van der Waals surface area (Å²) in [6.07, 6.45) is 41.9. The third-order valence-corrected chi connectivity index (χ3v) is 9.03. The summed E-state index contributed by atoms with van der Waals surface area (Å²) in [5.41, 5.74) is 0. The first-order valence-corrected chi connectivity index (χ1v) is 21.2. The molecule has 6 atom stereocenters. The van der Waals surface area contributed by atoms with Crippen LogP contribution in [0.1, 0.15) is 136 Å². The molecule has 9 heteroatoms. The van der Waals surface area contributed by atoms with Crippen LogP contribution in [0, 0.1) is 0 Å². The van der Waals surface area contributed by atoms with Crippen molar-refractivity contribution in [1.82, 2.24) is 0 Å². The molecule has 314 valence electrons. The summed E-state index contributed by atoms with van der Waals surface area (Å²) in [7, 11) is 0. The number of aliphatic hydroxyl groups excluding tert-OH is 4. The summed E-state index contributed by atoms with van der Waals surface area (Å²) in [5, 5.41) is 40.0. The number of ether oxygens (including phenoxy) is 4. The first-order chi connectivity index (χ1) is 26.9. The zero-order valence-corrected chi connectivity index (χ0v) is 34.1. The summed E-state index contributed by atoms with van der Waals surface area (Å²) in [5.74, 6) is -0.343. The minimum absolute atomic E-state index is 0.113. The molecule has 0 aromatic carbocycles. The molecular weight excluding hydrogens is 696 g/mol. The lowest BCUT2D eigenvalue weighted by atomic mass is 9.99. The molecule has 1 aliphatic heterocycles. The predicted molar refractivity (Wildman–Crippen MR) is 223 cm³/mol. The van der Waals surface area contributed by atoms with Crippen LogP contribution in [0.25, 0.3) is 0 Å². The molecule has 6 unspecified atom stereocenters. The quantitative estimate of drug-likeness (QED) is 0.0287. The fraction of sp³-hybridized carbons (Fsp3) is 0.674. The Morgan fingerprint density at radius 3 is 1.69 bits per heavy atom. The Morgan fingerprint density at radius 2 is 1.11 bits per heavy atom. The molecule has 0 amide bonds. The van der Waals surface area contributed by atoms with Crippen molar-refractivity contribution in [1.29, 1.82) is 0 Å². The predicted octanol–water partition coefficient (Wildman–Crippen LogP) is 9.08. The number of hydrogen-bond donors (Lipinski definition) is 4. The van der Waals surface area contributed by atoms with Crippen LogP contribution in [0.3, 0.4) is 0 Å². The van der Waals surface area contributed by atoms with E-state index in [1.54, 1.807) is 0 Å². The van der Waals surface area contributed by atoms with Crippen LogP contribution >= 0.6 is 0 Å². The van der Waals surface area contributed by atoms with E-state index < -0.39 is 43.4 Å². The summed E-state index contributed by atoms with van der Waals surface area (Å²) in [4.78, 5) is 12.7. The summed E-state index contributed by atoms with van der Waals surface area (Å²) in [6.45, 7) is 4.25. The lowest BCUT2D eigenvalue weighted by molar-refractivity contribution is -0.305. The maximum Gasteiger partial charge on any atom is 0.306 e. The van der Waals surface area contributed by atoms with E-state index in [0.717, 1.165) is 109 Å². The molecule has 0 radical (unpaired) electrons. The molecule has 1 rings (SSSR count). The number of hydrogen-bond acceptors (Lipinski definition) is 9. The highest BCUT2D eigenvalue weighted by Crippen LogP contribution is 2.22. The van der Waals surface area contributed by atoms with E-state index in [-0.39, 0.29) is 19.2 Å². The lowest BCUT2D eigenvalue weighted by Crippen LogP contribution is -2.59. The summed E-state index contributed by atoms with van der Waals surface area (Å²) in [6, 6.07) is 0. The average molecular weight is 773 g/mol. The summed E-state index contributed by atoms with van der Waals surface area (Å²) < 4.78 is 22.7. The van der Waals surface area contributed by atoms with Crippen molar-refractivity contribution >= 4 is 5.97 Å². The van der Waals surface area contributed by atoms with Gasteiger partial charge in [-0.05, 0) is 83.5 Å². The van der Waals surface area contributed by atoms with Crippen LogP contribution in [0.5, 0.6) is 0 Å². The molecule has 0 aliphatic carbocycles. The number of carbonyl (C=O) groups excluding carboxylic acids is 1. The van der Waals surface area contributed by atoms with E-state index in [2.05, 4.69) is 98.9 Å². The molecule has 0 spiro atoms. The van der Waals surface area contributed by atoms with Crippen molar-refractivity contribution in [2.75, 3.05) is 26.4 Å². The average Bonchev–Trinajstić information content (AvgIpc) is 3.18. The Balaban J connectivity index is 2.30. The molecule has 0 saturated carbocycles. The van der Waals surface area contributed by atoms with Gasteiger partial charge in [0.05, 0.1) is 19.8 Å². The minimum Gasteiger partial charge on any atom is -0.457 e. The van der Waals surface area contributed by atoms with Crippen molar-refractivity contribution in [3.05, 3.63) is 85.1 Å². The molecule has 4 N–H and O–H groups in total. The number of aliphatic hydroxyl groups is 4. The van der Waals surface area contributed by atoms with Crippen molar-refractivity contribution < 1.29 is 44.2 Å². The van der Waals surface area contributed by atoms with E-state index in [4.69, 9.17) is 18.9 Å². The Bertz CT molecular complexity index is 1110.